The summed E-state index contributed by atoms with van der Waals surface area (Å²) in [6.45, 7) is 9.37. The summed E-state index contributed by atoms with van der Waals surface area (Å²) in [5, 5.41) is 3.54. The number of hydrogen-bond donors (Lipinski definition) is 0. The van der Waals surface area contributed by atoms with E-state index in [-0.39, 0.29) is 32.9 Å². The molecular formula is C22H36FeP2-6. The predicted octanol–water partition coefficient (Wildman–Crippen LogP) is 6.66. The first kappa shape index (κ1) is 25.1. The van der Waals surface area contributed by atoms with Gasteiger partial charge in [-0.05, 0) is 24.6 Å². The summed E-state index contributed by atoms with van der Waals surface area (Å²) in [4.78, 5) is 0. The third-order valence-corrected chi connectivity index (χ3v) is 10.2. The van der Waals surface area contributed by atoms with Gasteiger partial charge >= 0.3 is 0 Å². The van der Waals surface area contributed by atoms with Gasteiger partial charge in [0.05, 0.1) is 0 Å². The van der Waals surface area contributed by atoms with Crippen molar-refractivity contribution in [2.45, 2.75) is 53.4 Å². The summed E-state index contributed by atoms with van der Waals surface area (Å²) >= 11 is 0. The van der Waals surface area contributed by atoms with Crippen LogP contribution in [0.15, 0.2) is 48.5 Å². The first-order chi connectivity index (χ1) is 11.8. The maximum Gasteiger partial charge on any atom is 0 e. The van der Waals surface area contributed by atoms with Gasteiger partial charge in [0.25, 0.3) is 0 Å². The summed E-state index contributed by atoms with van der Waals surface area (Å²) in [6, 6.07) is 17.2. The molecule has 25 heavy (non-hydrogen) atoms. The van der Waals surface area contributed by atoms with Crippen LogP contribution in [0, 0.1) is 0 Å². The predicted molar refractivity (Wildman–Crippen MR) is 118 cm³/mol. The number of hydrogen-bond acceptors (Lipinski definition) is 0. The third-order valence-electron chi connectivity index (χ3n) is 3.98. The molecule has 0 heterocycles. The molecule has 0 atom stereocenters. The Morgan fingerprint density at radius 2 is 1.20 bits per heavy atom. The smallest absolute Gasteiger partial charge is 0 e. The van der Waals surface area contributed by atoms with Crippen molar-refractivity contribution in [3.05, 3.63) is 48.5 Å². The van der Waals surface area contributed by atoms with Gasteiger partial charge in [0.15, 0.2) is 0 Å². The van der Waals surface area contributed by atoms with E-state index >= 15 is 0 Å². The maximum atomic E-state index is 2.45. The van der Waals surface area contributed by atoms with Crippen LogP contribution in [0.4, 0.5) is 0 Å². The van der Waals surface area contributed by atoms with Crippen LogP contribution >= 0.6 is 15.8 Å². The Labute approximate surface area is 169 Å². The van der Waals surface area contributed by atoms with Gasteiger partial charge in [0.2, 0.25) is 0 Å². The van der Waals surface area contributed by atoms with Gasteiger partial charge in [-0.2, -0.15) is 6.07 Å². The maximum absolute atomic E-state index is 2.45. The van der Waals surface area contributed by atoms with Crippen LogP contribution in [-0.2, 0) is 17.1 Å². The molecule has 0 nitrogen and oxygen atoms in total. The van der Waals surface area contributed by atoms with Crippen LogP contribution in [0.5, 0.6) is 0 Å². The summed E-state index contributed by atoms with van der Waals surface area (Å²) in [6.07, 6.45) is 11.1. The second-order valence-electron chi connectivity index (χ2n) is 6.23. The van der Waals surface area contributed by atoms with Gasteiger partial charge in [-0.1, -0.05) is 53.4 Å². The first-order valence-electron chi connectivity index (χ1n) is 9.70. The van der Waals surface area contributed by atoms with Crippen LogP contribution in [0.25, 0.3) is 0 Å². The minimum absolute atomic E-state index is 0. The van der Waals surface area contributed by atoms with Crippen molar-refractivity contribution in [2.24, 2.45) is 0 Å². The zero-order chi connectivity index (χ0) is 17.6. The Morgan fingerprint density at radius 1 is 0.760 bits per heavy atom. The summed E-state index contributed by atoms with van der Waals surface area (Å²) in [5.41, 5.74) is 0. The third kappa shape index (κ3) is 9.54. The van der Waals surface area contributed by atoms with Crippen LogP contribution in [0.3, 0.4) is 0 Å². The Hall–Kier alpha value is 0.0795. The van der Waals surface area contributed by atoms with Crippen molar-refractivity contribution in [3.8, 4) is 0 Å². The van der Waals surface area contributed by atoms with E-state index in [0.29, 0.717) is 0 Å². The molecular weight excluding hydrogens is 382 g/mol. The van der Waals surface area contributed by atoms with Crippen molar-refractivity contribution < 1.29 is 17.1 Å². The molecule has 148 valence electrons. The number of rotatable bonds is 10. The minimum atomic E-state index is 0. The monoisotopic (exact) mass is 418 g/mol. The van der Waals surface area contributed by atoms with Gasteiger partial charge in [-0.3, -0.25) is 0 Å². The SMILES string of the molecule is CCCP(CCC)c1ccc[c-]1P(CCC)CCC.[Fe].[cH-]1[cH-][cH-][cH-][cH-]1. The molecule has 0 radical (unpaired) electrons. The van der Waals surface area contributed by atoms with Gasteiger partial charge in [0, 0.05) is 17.1 Å². The van der Waals surface area contributed by atoms with Crippen LogP contribution in [-0.4, -0.2) is 24.6 Å². The summed E-state index contributed by atoms with van der Waals surface area (Å²) in [5.74, 6) is 0. The fourth-order valence-electron chi connectivity index (χ4n) is 3.04. The van der Waals surface area contributed by atoms with Crippen molar-refractivity contribution >= 4 is 26.5 Å². The van der Waals surface area contributed by atoms with Crippen LogP contribution in [0.2, 0.25) is 0 Å². The Bertz CT molecular complexity index is 430. The quantitative estimate of drug-likeness (QED) is 0.230. The second-order valence-corrected chi connectivity index (χ2v) is 11.1. The fourth-order valence-corrected chi connectivity index (χ4v) is 8.85. The normalized spacial score (nSPS) is 10.5. The van der Waals surface area contributed by atoms with E-state index in [1.807, 2.05) is 30.3 Å². The van der Waals surface area contributed by atoms with E-state index < -0.39 is 0 Å². The van der Waals surface area contributed by atoms with E-state index in [9.17, 15) is 0 Å². The Morgan fingerprint density at radius 3 is 1.60 bits per heavy atom. The molecule has 0 saturated carbocycles. The molecule has 0 aliphatic rings. The van der Waals surface area contributed by atoms with Crippen molar-refractivity contribution in [1.29, 1.82) is 0 Å². The average molecular weight is 418 g/mol. The van der Waals surface area contributed by atoms with Crippen molar-refractivity contribution in [1.82, 2.24) is 0 Å². The van der Waals surface area contributed by atoms with E-state index in [0.717, 1.165) is 0 Å². The van der Waals surface area contributed by atoms with Gasteiger partial charge in [-0.15, -0.1) is 26.5 Å². The molecule has 0 aliphatic heterocycles. The molecule has 3 heteroatoms. The Balaban J connectivity index is 0.000000820. The second kappa shape index (κ2) is 16.3. The molecule has 2 rings (SSSR count). The van der Waals surface area contributed by atoms with Gasteiger partial charge in [0.1, 0.15) is 0 Å². The fraction of sp³-hybridized carbons (Fsp3) is 0.545. The standard InChI is InChI=1S/C17H31P2.C5H5.Fe/c1-5-12-18(13-6-2)16-10-9-11-17(16)19(14-7-3)15-8-4;1-2-4-5-3-1;/h9-11H,5-8,12-15H2,1-4H3;1-5H;/q-1;-5;. The van der Waals surface area contributed by atoms with Gasteiger partial charge in [-0.25, -0.2) is 12.1 Å². The van der Waals surface area contributed by atoms with Crippen molar-refractivity contribution in [3.63, 3.8) is 0 Å². The topological polar surface area (TPSA) is 0 Å². The Kier molecular flexibility index (Phi) is 16.3. The molecule has 0 spiro atoms. The molecule has 0 aliphatic carbocycles. The molecule has 0 fully saturated rings. The first-order valence-corrected chi connectivity index (χ1v) is 13.1. The zero-order valence-electron chi connectivity index (χ0n) is 16.5. The molecule has 2 aromatic carbocycles. The van der Waals surface area contributed by atoms with Crippen molar-refractivity contribution in [2.75, 3.05) is 24.6 Å². The van der Waals surface area contributed by atoms with Gasteiger partial charge < -0.3 is 30.3 Å². The van der Waals surface area contributed by atoms with Crippen LogP contribution < -0.4 is 10.6 Å². The summed E-state index contributed by atoms with van der Waals surface area (Å²) in [7, 11) is 0.245. The van der Waals surface area contributed by atoms with E-state index in [2.05, 4.69) is 45.9 Å². The average Bonchev–Trinajstić information content (AvgIpc) is 3.29. The molecule has 0 amide bonds. The van der Waals surface area contributed by atoms with E-state index in [4.69, 9.17) is 0 Å². The van der Waals surface area contributed by atoms with E-state index in [1.165, 1.54) is 50.3 Å². The molecule has 0 aromatic heterocycles. The zero-order valence-corrected chi connectivity index (χ0v) is 19.4. The molecule has 0 N–H and O–H groups in total. The van der Waals surface area contributed by atoms with Crippen LogP contribution in [0.1, 0.15) is 53.4 Å². The largest absolute Gasteiger partial charge is 0.748 e. The summed E-state index contributed by atoms with van der Waals surface area (Å²) < 4.78 is 0. The minimum Gasteiger partial charge on any atom is -0.748 e. The molecule has 0 unspecified atom stereocenters. The molecule has 2 aromatic rings. The molecule has 0 bridgehead atoms. The molecule has 0 saturated heterocycles. The van der Waals surface area contributed by atoms with E-state index in [1.54, 1.807) is 10.6 Å².